The number of imidazole rings is 1. The van der Waals surface area contributed by atoms with Gasteiger partial charge in [0.05, 0.1) is 0 Å². The van der Waals surface area contributed by atoms with Crippen LogP contribution in [0.1, 0.15) is 0 Å². The van der Waals surface area contributed by atoms with Gasteiger partial charge < -0.3 is 9.88 Å². The van der Waals surface area contributed by atoms with Crippen molar-refractivity contribution in [2.45, 2.75) is 6.54 Å². The minimum atomic E-state index is 0.749. The van der Waals surface area contributed by atoms with Gasteiger partial charge in [-0.05, 0) is 24.3 Å². The second-order valence-corrected chi connectivity index (χ2v) is 4.24. The molecule has 0 atom stereocenters. The molecular formula is C12H12BrN3. The van der Waals surface area contributed by atoms with Crippen molar-refractivity contribution in [1.82, 2.24) is 9.55 Å². The van der Waals surface area contributed by atoms with Gasteiger partial charge in [-0.25, -0.2) is 4.98 Å². The van der Waals surface area contributed by atoms with Crippen LogP contribution in [0, 0.1) is 0 Å². The van der Waals surface area contributed by atoms with Gasteiger partial charge in [-0.15, -0.1) is 6.58 Å². The Morgan fingerprint density at radius 2 is 2.12 bits per heavy atom. The Hall–Kier alpha value is -1.55. The number of benzene rings is 1. The first-order valence-corrected chi connectivity index (χ1v) is 5.73. The number of anilines is 2. The monoisotopic (exact) mass is 277 g/mol. The zero-order valence-electron chi connectivity index (χ0n) is 8.73. The van der Waals surface area contributed by atoms with Gasteiger partial charge in [0.2, 0.25) is 5.95 Å². The van der Waals surface area contributed by atoms with Gasteiger partial charge in [0.1, 0.15) is 0 Å². The average Bonchev–Trinajstić information content (AvgIpc) is 2.70. The van der Waals surface area contributed by atoms with E-state index in [0.29, 0.717) is 0 Å². The third kappa shape index (κ3) is 2.52. The number of nitrogens with zero attached hydrogens (tertiary/aromatic N) is 2. The summed E-state index contributed by atoms with van der Waals surface area (Å²) in [5.74, 6) is 0.822. The molecule has 2 aromatic rings. The van der Waals surface area contributed by atoms with E-state index in [1.807, 2.05) is 41.1 Å². The van der Waals surface area contributed by atoms with Crippen LogP contribution >= 0.6 is 15.9 Å². The smallest absolute Gasteiger partial charge is 0.207 e. The van der Waals surface area contributed by atoms with Crippen LogP contribution in [0.4, 0.5) is 11.6 Å². The lowest BCUT2D eigenvalue weighted by molar-refractivity contribution is 0.833. The zero-order chi connectivity index (χ0) is 11.4. The summed E-state index contributed by atoms with van der Waals surface area (Å²) < 4.78 is 3.06. The van der Waals surface area contributed by atoms with Crippen molar-refractivity contribution in [1.29, 1.82) is 0 Å². The summed E-state index contributed by atoms with van der Waals surface area (Å²) in [6.07, 6.45) is 5.53. The summed E-state index contributed by atoms with van der Waals surface area (Å²) in [5.41, 5.74) is 1.01. The molecular weight excluding hydrogens is 266 g/mol. The maximum atomic E-state index is 4.24. The zero-order valence-corrected chi connectivity index (χ0v) is 10.3. The van der Waals surface area contributed by atoms with E-state index in [0.717, 1.165) is 22.7 Å². The molecule has 16 heavy (non-hydrogen) atoms. The highest BCUT2D eigenvalue weighted by Crippen LogP contribution is 2.18. The van der Waals surface area contributed by atoms with Crippen LogP contribution in [0.3, 0.4) is 0 Å². The van der Waals surface area contributed by atoms with Gasteiger partial charge in [-0.3, -0.25) is 0 Å². The lowest BCUT2D eigenvalue weighted by atomic mass is 10.3. The van der Waals surface area contributed by atoms with Crippen molar-refractivity contribution >= 4 is 27.6 Å². The van der Waals surface area contributed by atoms with E-state index in [1.165, 1.54) is 0 Å². The van der Waals surface area contributed by atoms with Crippen LogP contribution in [-0.2, 0) is 6.54 Å². The van der Waals surface area contributed by atoms with Gasteiger partial charge in [0.15, 0.2) is 0 Å². The van der Waals surface area contributed by atoms with Gasteiger partial charge >= 0.3 is 0 Å². The highest BCUT2D eigenvalue weighted by molar-refractivity contribution is 9.10. The first kappa shape index (κ1) is 11.0. The lowest BCUT2D eigenvalue weighted by Gasteiger charge is -2.07. The standard InChI is InChI=1S/C12H12BrN3/c1-2-8-16-9-7-14-12(16)15-11-5-3-10(13)4-6-11/h2-7,9H,1,8H2,(H,14,15). The van der Waals surface area contributed by atoms with E-state index in [1.54, 1.807) is 6.20 Å². The van der Waals surface area contributed by atoms with E-state index in [4.69, 9.17) is 0 Å². The third-order valence-corrected chi connectivity index (χ3v) is 2.67. The maximum Gasteiger partial charge on any atom is 0.207 e. The number of aromatic nitrogens is 2. The van der Waals surface area contributed by atoms with Crippen molar-refractivity contribution in [3.05, 3.63) is 53.8 Å². The molecule has 1 aromatic carbocycles. The topological polar surface area (TPSA) is 29.9 Å². The van der Waals surface area contributed by atoms with Crippen LogP contribution in [-0.4, -0.2) is 9.55 Å². The van der Waals surface area contributed by atoms with Crippen LogP contribution in [0.25, 0.3) is 0 Å². The molecule has 0 saturated heterocycles. The van der Waals surface area contributed by atoms with Crippen molar-refractivity contribution in [2.24, 2.45) is 0 Å². The average molecular weight is 278 g/mol. The Balaban J connectivity index is 2.16. The van der Waals surface area contributed by atoms with Gasteiger partial charge in [0.25, 0.3) is 0 Å². The number of hydrogen-bond acceptors (Lipinski definition) is 2. The molecule has 0 saturated carbocycles. The number of hydrogen-bond donors (Lipinski definition) is 1. The molecule has 0 aliphatic heterocycles. The molecule has 0 unspecified atom stereocenters. The van der Waals surface area contributed by atoms with Gasteiger partial charge in [-0.2, -0.15) is 0 Å². The fraction of sp³-hybridized carbons (Fsp3) is 0.0833. The van der Waals surface area contributed by atoms with E-state index in [-0.39, 0.29) is 0 Å². The first-order valence-electron chi connectivity index (χ1n) is 4.94. The minimum absolute atomic E-state index is 0.749. The number of allylic oxidation sites excluding steroid dienone is 1. The molecule has 3 nitrogen and oxygen atoms in total. The predicted octanol–water partition coefficient (Wildman–Crippen LogP) is 3.58. The van der Waals surface area contributed by atoms with Crippen LogP contribution in [0.2, 0.25) is 0 Å². The molecule has 82 valence electrons. The third-order valence-electron chi connectivity index (χ3n) is 2.14. The van der Waals surface area contributed by atoms with E-state index < -0.39 is 0 Å². The molecule has 0 amide bonds. The van der Waals surface area contributed by atoms with E-state index in [2.05, 4.69) is 32.8 Å². The Morgan fingerprint density at radius 3 is 2.81 bits per heavy atom. The summed E-state index contributed by atoms with van der Waals surface area (Å²) in [5, 5.41) is 3.25. The summed E-state index contributed by atoms with van der Waals surface area (Å²) in [6, 6.07) is 7.97. The Morgan fingerprint density at radius 1 is 1.38 bits per heavy atom. The van der Waals surface area contributed by atoms with E-state index in [9.17, 15) is 0 Å². The molecule has 1 N–H and O–H groups in total. The van der Waals surface area contributed by atoms with Crippen molar-refractivity contribution < 1.29 is 0 Å². The molecule has 0 bridgehead atoms. The molecule has 4 heteroatoms. The van der Waals surface area contributed by atoms with E-state index >= 15 is 0 Å². The highest BCUT2D eigenvalue weighted by Gasteiger charge is 2.01. The second kappa shape index (κ2) is 4.99. The van der Waals surface area contributed by atoms with Gasteiger partial charge in [0, 0.05) is 29.1 Å². The summed E-state index contributed by atoms with van der Waals surface area (Å²) in [4.78, 5) is 4.24. The van der Waals surface area contributed by atoms with Crippen LogP contribution in [0.15, 0.2) is 53.8 Å². The molecule has 0 radical (unpaired) electrons. The lowest BCUT2D eigenvalue weighted by Crippen LogP contribution is -2.01. The largest absolute Gasteiger partial charge is 0.326 e. The first-order chi connectivity index (χ1) is 7.79. The normalized spacial score (nSPS) is 10.1. The highest BCUT2D eigenvalue weighted by atomic mass is 79.9. The second-order valence-electron chi connectivity index (χ2n) is 3.32. The van der Waals surface area contributed by atoms with Crippen molar-refractivity contribution in [2.75, 3.05) is 5.32 Å². The molecule has 1 heterocycles. The summed E-state index contributed by atoms with van der Waals surface area (Å²) in [6.45, 7) is 4.46. The number of halogens is 1. The molecule has 0 fully saturated rings. The van der Waals surface area contributed by atoms with Crippen LogP contribution < -0.4 is 5.32 Å². The number of nitrogens with one attached hydrogen (secondary N) is 1. The molecule has 1 aromatic heterocycles. The Bertz CT molecular complexity index is 473. The molecule has 0 aliphatic carbocycles. The molecule has 0 spiro atoms. The molecule has 0 aliphatic rings. The summed E-state index contributed by atoms with van der Waals surface area (Å²) >= 11 is 3.40. The fourth-order valence-electron chi connectivity index (χ4n) is 1.38. The van der Waals surface area contributed by atoms with Crippen molar-refractivity contribution in [3.63, 3.8) is 0 Å². The predicted molar refractivity (Wildman–Crippen MR) is 69.8 cm³/mol. The quantitative estimate of drug-likeness (QED) is 0.866. The minimum Gasteiger partial charge on any atom is -0.326 e. The fourth-order valence-corrected chi connectivity index (χ4v) is 1.65. The maximum absolute atomic E-state index is 4.24. The van der Waals surface area contributed by atoms with Gasteiger partial charge in [-0.1, -0.05) is 22.0 Å². The summed E-state index contributed by atoms with van der Waals surface area (Å²) in [7, 11) is 0. The van der Waals surface area contributed by atoms with Crippen LogP contribution in [0.5, 0.6) is 0 Å². The molecule has 2 rings (SSSR count). The SMILES string of the molecule is C=CCn1ccnc1Nc1ccc(Br)cc1. The Labute approximate surface area is 103 Å². The Kier molecular flexibility index (Phi) is 3.41. The van der Waals surface area contributed by atoms with Crippen molar-refractivity contribution in [3.8, 4) is 0 Å². The number of rotatable bonds is 4.